The third-order valence-corrected chi connectivity index (χ3v) is 3.10. The molecule has 0 atom stereocenters. The number of hydrogen-bond donors (Lipinski definition) is 0. The van der Waals surface area contributed by atoms with Gasteiger partial charge >= 0.3 is 0 Å². The highest BCUT2D eigenvalue weighted by Gasteiger charge is 2.14. The van der Waals surface area contributed by atoms with Gasteiger partial charge in [-0.1, -0.05) is 12.1 Å². The Morgan fingerprint density at radius 1 is 1.11 bits per heavy atom. The van der Waals surface area contributed by atoms with Crippen LogP contribution in [0.1, 0.15) is 10.4 Å². The van der Waals surface area contributed by atoms with Crippen molar-refractivity contribution in [2.75, 3.05) is 0 Å². The van der Waals surface area contributed by atoms with Crippen LogP contribution in [0.2, 0.25) is 0 Å². The predicted octanol–water partition coefficient (Wildman–Crippen LogP) is 4.17. The number of para-hydroxylation sites is 1. The summed E-state index contributed by atoms with van der Waals surface area (Å²) in [5.74, 6) is -1.96. The van der Waals surface area contributed by atoms with Gasteiger partial charge in [0.25, 0.3) is 0 Å². The van der Waals surface area contributed by atoms with Gasteiger partial charge in [0.15, 0.2) is 17.4 Å². The van der Waals surface area contributed by atoms with Crippen molar-refractivity contribution in [1.82, 2.24) is 0 Å². The second kappa shape index (κ2) is 5.43. The zero-order valence-corrected chi connectivity index (χ0v) is 11.1. The molecule has 0 aliphatic carbocycles. The average Bonchev–Trinajstić information content (AvgIpc) is 2.35. The molecule has 0 saturated carbocycles. The van der Waals surface area contributed by atoms with Crippen LogP contribution in [0.15, 0.2) is 36.4 Å². The minimum absolute atomic E-state index is 0.0693. The van der Waals surface area contributed by atoms with E-state index < -0.39 is 17.4 Å². The summed E-state index contributed by atoms with van der Waals surface area (Å²) < 4.78 is 33.1. The van der Waals surface area contributed by atoms with Gasteiger partial charge in [-0.05, 0) is 46.9 Å². The van der Waals surface area contributed by atoms with Crippen LogP contribution >= 0.6 is 22.6 Å². The maximum atomic E-state index is 13.6. The van der Waals surface area contributed by atoms with Crippen LogP contribution < -0.4 is 4.74 Å². The molecule has 2 aromatic carbocycles. The highest BCUT2D eigenvalue weighted by atomic mass is 127. The maximum absolute atomic E-state index is 13.6. The van der Waals surface area contributed by atoms with E-state index in [9.17, 15) is 13.6 Å². The lowest BCUT2D eigenvalue weighted by molar-refractivity contribution is 0.112. The van der Waals surface area contributed by atoms with E-state index in [1.807, 2.05) is 22.6 Å². The van der Waals surface area contributed by atoms with Gasteiger partial charge < -0.3 is 4.74 Å². The van der Waals surface area contributed by atoms with Crippen molar-refractivity contribution in [1.29, 1.82) is 0 Å². The molecule has 0 unspecified atom stereocenters. The highest BCUT2D eigenvalue weighted by Crippen LogP contribution is 2.30. The van der Waals surface area contributed by atoms with Crippen LogP contribution in [-0.4, -0.2) is 6.29 Å². The van der Waals surface area contributed by atoms with Crippen molar-refractivity contribution in [2.24, 2.45) is 0 Å². The fourth-order valence-electron chi connectivity index (χ4n) is 1.38. The Kier molecular flexibility index (Phi) is 3.90. The molecule has 0 amide bonds. The van der Waals surface area contributed by atoms with Gasteiger partial charge in [0.05, 0.1) is 3.57 Å². The number of ether oxygens (including phenoxy) is 1. The second-order valence-electron chi connectivity index (χ2n) is 3.46. The zero-order valence-electron chi connectivity index (χ0n) is 8.99. The Bertz CT molecular complexity index is 576. The average molecular weight is 360 g/mol. The van der Waals surface area contributed by atoms with E-state index in [2.05, 4.69) is 0 Å². The van der Waals surface area contributed by atoms with Crippen molar-refractivity contribution in [3.63, 3.8) is 0 Å². The number of aldehydes is 1. The number of carbonyl (C=O) groups is 1. The zero-order chi connectivity index (χ0) is 13.1. The molecule has 0 saturated heterocycles. The lowest BCUT2D eigenvalue weighted by atomic mass is 10.2. The Labute approximate surface area is 116 Å². The largest absolute Gasteiger partial charge is 0.450 e. The lowest BCUT2D eigenvalue weighted by Crippen LogP contribution is -1.96. The van der Waals surface area contributed by atoms with Crippen LogP contribution in [0.4, 0.5) is 8.78 Å². The predicted molar refractivity (Wildman–Crippen MR) is 71.0 cm³/mol. The van der Waals surface area contributed by atoms with Crippen LogP contribution in [0.3, 0.4) is 0 Å². The van der Waals surface area contributed by atoms with Gasteiger partial charge in [0.1, 0.15) is 12.0 Å². The Morgan fingerprint density at radius 3 is 2.28 bits per heavy atom. The smallest absolute Gasteiger partial charge is 0.198 e. The molecule has 0 aliphatic heterocycles. The number of hydrogen-bond acceptors (Lipinski definition) is 2. The first kappa shape index (κ1) is 12.9. The van der Waals surface area contributed by atoms with Crippen molar-refractivity contribution >= 4 is 28.9 Å². The Balaban J connectivity index is 2.41. The molecule has 2 rings (SSSR count). The molecule has 18 heavy (non-hydrogen) atoms. The molecule has 0 radical (unpaired) electrons. The van der Waals surface area contributed by atoms with Crippen LogP contribution in [-0.2, 0) is 0 Å². The fourth-order valence-corrected chi connectivity index (χ4v) is 1.88. The number of halogens is 3. The van der Waals surface area contributed by atoms with Crippen molar-refractivity contribution in [2.45, 2.75) is 0 Å². The monoisotopic (exact) mass is 360 g/mol. The first-order chi connectivity index (χ1) is 8.61. The molecule has 0 aliphatic rings. The number of carbonyl (C=O) groups excluding carboxylic acids is 1. The van der Waals surface area contributed by atoms with Gasteiger partial charge in [0, 0.05) is 5.56 Å². The molecular formula is C13H7F2IO2. The van der Waals surface area contributed by atoms with Gasteiger partial charge in [0.2, 0.25) is 0 Å². The van der Waals surface area contributed by atoms with Gasteiger partial charge in [-0.3, -0.25) is 4.79 Å². The van der Waals surface area contributed by atoms with E-state index in [1.165, 1.54) is 0 Å². The summed E-state index contributed by atoms with van der Waals surface area (Å²) in [6.07, 6.45) is 0.377. The molecule has 0 heterocycles. The van der Waals surface area contributed by atoms with Crippen molar-refractivity contribution in [3.8, 4) is 11.5 Å². The second-order valence-corrected chi connectivity index (χ2v) is 4.63. The molecule has 0 fully saturated rings. The molecule has 0 aromatic heterocycles. The molecule has 2 aromatic rings. The Morgan fingerprint density at radius 2 is 1.72 bits per heavy atom. The summed E-state index contributed by atoms with van der Waals surface area (Å²) in [5, 5.41) is 0. The molecular weight excluding hydrogens is 353 g/mol. The topological polar surface area (TPSA) is 26.3 Å². The normalized spacial score (nSPS) is 10.2. The molecule has 5 heteroatoms. The number of benzene rings is 2. The van der Waals surface area contributed by atoms with Crippen LogP contribution in [0.5, 0.6) is 11.5 Å². The van der Waals surface area contributed by atoms with E-state index in [0.29, 0.717) is 12.0 Å². The molecule has 2 nitrogen and oxygen atoms in total. The Hall–Kier alpha value is -1.50. The van der Waals surface area contributed by atoms with Crippen molar-refractivity contribution < 1.29 is 18.3 Å². The van der Waals surface area contributed by atoms with Gasteiger partial charge in [-0.15, -0.1) is 0 Å². The van der Waals surface area contributed by atoms with E-state index in [1.54, 1.807) is 24.3 Å². The van der Waals surface area contributed by atoms with E-state index >= 15 is 0 Å². The summed E-state index contributed by atoms with van der Waals surface area (Å²) in [5.41, 5.74) is -0.0693. The van der Waals surface area contributed by atoms with Crippen LogP contribution in [0, 0.1) is 15.2 Å². The van der Waals surface area contributed by atoms with E-state index in [0.717, 1.165) is 15.7 Å². The molecule has 0 spiro atoms. The van der Waals surface area contributed by atoms with E-state index in [4.69, 9.17) is 4.74 Å². The summed E-state index contributed by atoms with van der Waals surface area (Å²) in [6, 6.07) is 8.71. The summed E-state index contributed by atoms with van der Waals surface area (Å²) in [7, 11) is 0. The summed E-state index contributed by atoms with van der Waals surface area (Å²) in [6.45, 7) is 0. The summed E-state index contributed by atoms with van der Waals surface area (Å²) in [4.78, 5) is 10.5. The van der Waals surface area contributed by atoms with Crippen LogP contribution in [0.25, 0.3) is 0 Å². The number of rotatable bonds is 3. The van der Waals surface area contributed by atoms with E-state index in [-0.39, 0.29) is 5.56 Å². The van der Waals surface area contributed by atoms with Crippen molar-refractivity contribution in [3.05, 3.63) is 57.2 Å². The molecule has 0 bridgehead atoms. The standard InChI is InChI=1S/C13H7F2IO2/c14-9-5-8(7-17)6-10(15)13(9)18-12-4-2-1-3-11(12)16/h1-7H. The highest BCUT2D eigenvalue weighted by molar-refractivity contribution is 14.1. The molecule has 0 N–H and O–H groups in total. The van der Waals surface area contributed by atoms with Gasteiger partial charge in [-0.2, -0.15) is 0 Å². The fraction of sp³-hybridized carbons (Fsp3) is 0. The maximum Gasteiger partial charge on any atom is 0.198 e. The first-order valence-corrected chi connectivity index (χ1v) is 6.06. The summed E-state index contributed by atoms with van der Waals surface area (Å²) >= 11 is 2.00. The first-order valence-electron chi connectivity index (χ1n) is 4.98. The quantitative estimate of drug-likeness (QED) is 0.607. The minimum Gasteiger partial charge on any atom is -0.450 e. The lowest BCUT2D eigenvalue weighted by Gasteiger charge is -2.09. The SMILES string of the molecule is O=Cc1cc(F)c(Oc2ccccc2I)c(F)c1. The molecule has 92 valence electrons. The van der Waals surface area contributed by atoms with Gasteiger partial charge in [-0.25, -0.2) is 8.78 Å². The third kappa shape index (κ3) is 2.66. The third-order valence-electron chi connectivity index (χ3n) is 2.21. The minimum atomic E-state index is -0.906.